The highest BCUT2D eigenvalue weighted by Gasteiger charge is 2.15. The van der Waals surface area contributed by atoms with Crippen molar-refractivity contribution in [1.29, 1.82) is 0 Å². The van der Waals surface area contributed by atoms with Crippen molar-refractivity contribution in [3.05, 3.63) is 18.0 Å². The number of hydrogen-bond donors (Lipinski definition) is 0. The molecule has 1 aromatic rings. The van der Waals surface area contributed by atoms with Crippen LogP contribution in [0.5, 0.6) is 0 Å². The lowest BCUT2D eigenvalue weighted by molar-refractivity contribution is -0.130. The van der Waals surface area contributed by atoms with Crippen molar-refractivity contribution >= 4 is 5.78 Å². The molecule has 0 bridgehead atoms. The van der Waals surface area contributed by atoms with E-state index in [2.05, 4.69) is 5.10 Å². The molecule has 0 N–H and O–H groups in total. The molecule has 0 aliphatic carbocycles. The summed E-state index contributed by atoms with van der Waals surface area (Å²) in [6.07, 6.45) is 5.53. The Kier molecular flexibility index (Phi) is 5.19. The summed E-state index contributed by atoms with van der Waals surface area (Å²) in [4.78, 5) is 11.8. The first-order valence-corrected chi connectivity index (χ1v) is 5.79. The molecule has 1 aromatic heterocycles. The Morgan fingerprint density at radius 3 is 2.81 bits per heavy atom. The van der Waals surface area contributed by atoms with Crippen molar-refractivity contribution in [2.45, 2.75) is 39.2 Å². The number of ether oxygens (including phenoxy) is 1. The summed E-state index contributed by atoms with van der Waals surface area (Å²) in [5.74, 6) is 0.188. The van der Waals surface area contributed by atoms with Gasteiger partial charge in [-0.25, -0.2) is 0 Å². The minimum Gasteiger partial charge on any atom is -0.371 e. The molecule has 0 aliphatic heterocycles. The highest BCUT2D eigenvalue weighted by Crippen LogP contribution is 2.07. The number of nitrogens with zero attached hydrogens (tertiary/aromatic N) is 2. The summed E-state index contributed by atoms with van der Waals surface area (Å²) in [5.41, 5.74) is 1.10. The zero-order chi connectivity index (χ0) is 12.0. The van der Waals surface area contributed by atoms with Gasteiger partial charge < -0.3 is 4.74 Å². The fourth-order valence-electron chi connectivity index (χ4n) is 1.67. The number of ketones is 1. The van der Waals surface area contributed by atoms with Crippen molar-refractivity contribution in [3.8, 4) is 0 Å². The monoisotopic (exact) mass is 224 g/mol. The third-order valence-electron chi connectivity index (χ3n) is 2.52. The SMILES string of the molecule is CCOC(CC)C(=O)CCc1cnn(C)c1. The maximum Gasteiger partial charge on any atom is 0.161 e. The van der Waals surface area contributed by atoms with Gasteiger partial charge in [0.2, 0.25) is 0 Å². The molecule has 0 amide bonds. The minimum absolute atomic E-state index is 0.188. The van der Waals surface area contributed by atoms with Crippen molar-refractivity contribution in [3.63, 3.8) is 0 Å². The first kappa shape index (κ1) is 12.9. The number of rotatable bonds is 7. The smallest absolute Gasteiger partial charge is 0.161 e. The van der Waals surface area contributed by atoms with E-state index in [1.165, 1.54) is 0 Å². The lowest BCUT2D eigenvalue weighted by Gasteiger charge is -2.12. The molecule has 90 valence electrons. The van der Waals surface area contributed by atoms with Gasteiger partial charge in [0.05, 0.1) is 6.20 Å². The molecule has 0 aliphatic rings. The van der Waals surface area contributed by atoms with Crippen LogP contribution in [0.3, 0.4) is 0 Å². The van der Waals surface area contributed by atoms with Crippen molar-refractivity contribution in [1.82, 2.24) is 9.78 Å². The van der Waals surface area contributed by atoms with Gasteiger partial charge in [-0.2, -0.15) is 5.10 Å². The largest absolute Gasteiger partial charge is 0.371 e. The number of aryl methyl sites for hydroxylation is 2. The molecule has 0 radical (unpaired) electrons. The van der Waals surface area contributed by atoms with Crippen LogP contribution in [0.1, 0.15) is 32.3 Å². The fourth-order valence-corrected chi connectivity index (χ4v) is 1.67. The second-order valence-electron chi connectivity index (χ2n) is 3.84. The maximum atomic E-state index is 11.8. The van der Waals surface area contributed by atoms with E-state index in [-0.39, 0.29) is 11.9 Å². The van der Waals surface area contributed by atoms with Gasteiger partial charge in [-0.15, -0.1) is 0 Å². The molecule has 0 saturated heterocycles. The number of carbonyl (C=O) groups is 1. The second-order valence-corrected chi connectivity index (χ2v) is 3.84. The van der Waals surface area contributed by atoms with Gasteiger partial charge in [-0.3, -0.25) is 9.48 Å². The van der Waals surface area contributed by atoms with Crippen LogP contribution in [-0.4, -0.2) is 28.3 Å². The average molecular weight is 224 g/mol. The van der Waals surface area contributed by atoms with E-state index >= 15 is 0 Å². The molecule has 1 atom stereocenters. The minimum atomic E-state index is -0.235. The zero-order valence-electron chi connectivity index (χ0n) is 10.3. The summed E-state index contributed by atoms with van der Waals surface area (Å²) in [6.45, 7) is 4.48. The number of Topliss-reactive ketones (excluding diaryl/α,β-unsaturated/α-hetero) is 1. The predicted molar refractivity (Wildman–Crippen MR) is 62.2 cm³/mol. The Balaban J connectivity index is 2.39. The van der Waals surface area contributed by atoms with Crippen LogP contribution in [-0.2, 0) is 23.0 Å². The lowest BCUT2D eigenvalue weighted by atomic mass is 10.1. The second kappa shape index (κ2) is 6.43. The Morgan fingerprint density at radius 2 is 2.31 bits per heavy atom. The van der Waals surface area contributed by atoms with Crippen LogP contribution in [0.4, 0.5) is 0 Å². The van der Waals surface area contributed by atoms with Crippen molar-refractivity contribution < 1.29 is 9.53 Å². The summed E-state index contributed by atoms with van der Waals surface area (Å²) < 4.78 is 7.13. The molecular weight excluding hydrogens is 204 g/mol. The number of hydrogen-bond acceptors (Lipinski definition) is 3. The molecule has 4 heteroatoms. The van der Waals surface area contributed by atoms with Crippen molar-refractivity contribution in [2.24, 2.45) is 7.05 Å². The molecule has 16 heavy (non-hydrogen) atoms. The third-order valence-corrected chi connectivity index (χ3v) is 2.52. The van der Waals surface area contributed by atoms with Gasteiger partial charge in [-0.05, 0) is 25.3 Å². The van der Waals surface area contributed by atoms with Crippen LogP contribution < -0.4 is 0 Å². The van der Waals surface area contributed by atoms with Gasteiger partial charge >= 0.3 is 0 Å². The quantitative estimate of drug-likeness (QED) is 0.708. The third kappa shape index (κ3) is 3.77. The summed E-state index contributed by atoms with van der Waals surface area (Å²) in [5, 5.41) is 4.07. The van der Waals surface area contributed by atoms with Crippen LogP contribution >= 0.6 is 0 Å². The van der Waals surface area contributed by atoms with Crippen molar-refractivity contribution in [2.75, 3.05) is 6.61 Å². The van der Waals surface area contributed by atoms with E-state index in [1.807, 2.05) is 27.1 Å². The normalized spacial score (nSPS) is 12.7. The topological polar surface area (TPSA) is 44.1 Å². The molecule has 1 rings (SSSR count). The first-order chi connectivity index (χ1) is 7.67. The summed E-state index contributed by atoms with van der Waals surface area (Å²) >= 11 is 0. The Morgan fingerprint density at radius 1 is 1.56 bits per heavy atom. The van der Waals surface area contributed by atoms with E-state index in [1.54, 1.807) is 10.9 Å². The van der Waals surface area contributed by atoms with Crippen LogP contribution in [0.15, 0.2) is 12.4 Å². The summed E-state index contributed by atoms with van der Waals surface area (Å²) in [6, 6.07) is 0. The molecule has 0 fully saturated rings. The van der Waals surface area contributed by atoms with E-state index in [9.17, 15) is 4.79 Å². The molecule has 1 unspecified atom stereocenters. The van der Waals surface area contributed by atoms with Crippen LogP contribution in [0, 0.1) is 0 Å². The Bertz CT molecular complexity index is 334. The maximum absolute atomic E-state index is 11.8. The zero-order valence-corrected chi connectivity index (χ0v) is 10.3. The van der Waals surface area contributed by atoms with Gasteiger partial charge in [0, 0.05) is 26.3 Å². The molecule has 0 spiro atoms. The molecule has 0 saturated carbocycles. The van der Waals surface area contributed by atoms with E-state index in [0.717, 1.165) is 18.4 Å². The van der Waals surface area contributed by atoms with E-state index in [4.69, 9.17) is 4.74 Å². The molecule has 1 heterocycles. The van der Waals surface area contributed by atoms with Crippen LogP contribution in [0.25, 0.3) is 0 Å². The van der Waals surface area contributed by atoms with Gasteiger partial charge in [0.1, 0.15) is 6.10 Å². The Hall–Kier alpha value is -1.16. The first-order valence-electron chi connectivity index (χ1n) is 5.79. The van der Waals surface area contributed by atoms with E-state index in [0.29, 0.717) is 13.0 Å². The van der Waals surface area contributed by atoms with Gasteiger partial charge in [-0.1, -0.05) is 6.92 Å². The van der Waals surface area contributed by atoms with Gasteiger partial charge in [0.25, 0.3) is 0 Å². The Labute approximate surface area is 96.6 Å². The van der Waals surface area contributed by atoms with Gasteiger partial charge in [0.15, 0.2) is 5.78 Å². The molecule has 4 nitrogen and oxygen atoms in total. The lowest BCUT2D eigenvalue weighted by Crippen LogP contribution is -2.23. The van der Waals surface area contributed by atoms with Crippen LogP contribution in [0.2, 0.25) is 0 Å². The number of carbonyl (C=O) groups excluding carboxylic acids is 1. The average Bonchev–Trinajstić information content (AvgIpc) is 2.68. The number of aromatic nitrogens is 2. The highest BCUT2D eigenvalue weighted by atomic mass is 16.5. The van der Waals surface area contributed by atoms with E-state index < -0.39 is 0 Å². The highest BCUT2D eigenvalue weighted by molar-refractivity contribution is 5.83. The fraction of sp³-hybridized carbons (Fsp3) is 0.667. The molecule has 0 aromatic carbocycles. The molecular formula is C12H20N2O2. The standard InChI is InChI=1S/C12H20N2O2/c1-4-12(16-5-2)11(15)7-6-10-8-13-14(3)9-10/h8-9,12H,4-7H2,1-3H3. The predicted octanol–water partition coefficient (Wildman–Crippen LogP) is 1.74. The summed E-state index contributed by atoms with van der Waals surface area (Å²) in [7, 11) is 1.88.